The monoisotopic (exact) mass is 261 g/mol. The Hall–Kier alpha value is -1.39. The number of rotatable bonds is 3. The lowest BCUT2D eigenvalue weighted by atomic mass is 10.1. The molecule has 3 N–H and O–H groups in total. The Bertz CT molecular complexity index is 430. The van der Waals surface area contributed by atoms with Gasteiger partial charge >= 0.3 is 0 Å². The number of amides is 1. The highest BCUT2D eigenvalue weighted by Gasteiger charge is 2.30. The summed E-state index contributed by atoms with van der Waals surface area (Å²) in [6.45, 7) is 6.12. The van der Waals surface area contributed by atoms with E-state index in [4.69, 9.17) is 5.73 Å². The molecule has 1 amide bonds. The molecular formula is C15H23N3O. The summed E-state index contributed by atoms with van der Waals surface area (Å²) in [4.78, 5) is 14.2. The maximum atomic E-state index is 12.0. The van der Waals surface area contributed by atoms with E-state index in [0.717, 1.165) is 19.5 Å². The minimum Gasteiger partial charge on any atom is -0.355 e. The van der Waals surface area contributed by atoms with Crippen LogP contribution in [0.25, 0.3) is 0 Å². The first-order valence-electron chi connectivity index (χ1n) is 6.91. The van der Waals surface area contributed by atoms with Crippen LogP contribution in [0.2, 0.25) is 0 Å². The fourth-order valence-corrected chi connectivity index (χ4v) is 2.56. The molecule has 0 saturated carbocycles. The first kappa shape index (κ1) is 14.0. The highest BCUT2D eigenvalue weighted by Crippen LogP contribution is 2.17. The Morgan fingerprint density at radius 3 is 2.68 bits per heavy atom. The number of hydrogen-bond donors (Lipinski definition) is 2. The Morgan fingerprint density at radius 1 is 1.37 bits per heavy atom. The minimum atomic E-state index is -0.223. The molecule has 0 aromatic heterocycles. The van der Waals surface area contributed by atoms with E-state index in [0.29, 0.717) is 12.6 Å². The number of nitrogens with two attached hydrogens (primary N) is 1. The van der Waals surface area contributed by atoms with Crippen LogP contribution in [-0.4, -0.2) is 36.0 Å². The van der Waals surface area contributed by atoms with Gasteiger partial charge in [-0.15, -0.1) is 0 Å². The van der Waals surface area contributed by atoms with Gasteiger partial charge in [-0.3, -0.25) is 9.69 Å². The summed E-state index contributed by atoms with van der Waals surface area (Å²) >= 11 is 0. The standard InChI is InChI=1S/C15H23N3O/c1-11-3-5-13(6-4-11)10-18-12(2)7-8-17-15(19)14(18)9-16/h3-6,12,14H,7-10,16H2,1-2H3,(H,17,19). The maximum Gasteiger partial charge on any atom is 0.238 e. The molecule has 0 aliphatic carbocycles. The average Bonchev–Trinajstić information content (AvgIpc) is 2.52. The maximum absolute atomic E-state index is 12.0. The summed E-state index contributed by atoms with van der Waals surface area (Å²) in [5.74, 6) is 0.0546. The van der Waals surface area contributed by atoms with Crippen molar-refractivity contribution >= 4 is 5.91 Å². The molecule has 2 unspecified atom stereocenters. The van der Waals surface area contributed by atoms with Gasteiger partial charge in [-0.2, -0.15) is 0 Å². The quantitative estimate of drug-likeness (QED) is 0.854. The Kier molecular flexibility index (Phi) is 4.56. The summed E-state index contributed by atoms with van der Waals surface area (Å²) < 4.78 is 0. The van der Waals surface area contributed by atoms with E-state index in [1.807, 2.05) is 0 Å². The van der Waals surface area contributed by atoms with Crippen LogP contribution in [0, 0.1) is 6.92 Å². The van der Waals surface area contributed by atoms with Crippen molar-refractivity contribution in [2.75, 3.05) is 13.1 Å². The molecule has 0 spiro atoms. The van der Waals surface area contributed by atoms with Crippen LogP contribution in [0.4, 0.5) is 0 Å². The predicted molar refractivity (Wildman–Crippen MR) is 76.7 cm³/mol. The minimum absolute atomic E-state index is 0.0546. The number of nitrogens with one attached hydrogen (secondary N) is 1. The number of carbonyl (C=O) groups excluding carboxylic acids is 1. The summed E-state index contributed by atoms with van der Waals surface area (Å²) in [6, 6.07) is 8.59. The molecule has 1 aromatic carbocycles. The Labute approximate surface area is 115 Å². The first-order chi connectivity index (χ1) is 9.11. The molecule has 1 saturated heterocycles. The number of hydrogen-bond acceptors (Lipinski definition) is 3. The van der Waals surface area contributed by atoms with Crippen LogP contribution in [0.5, 0.6) is 0 Å². The second-order valence-electron chi connectivity index (χ2n) is 5.34. The van der Waals surface area contributed by atoms with E-state index in [1.165, 1.54) is 11.1 Å². The largest absolute Gasteiger partial charge is 0.355 e. The smallest absolute Gasteiger partial charge is 0.238 e. The van der Waals surface area contributed by atoms with Crippen molar-refractivity contribution in [1.82, 2.24) is 10.2 Å². The summed E-state index contributed by atoms with van der Waals surface area (Å²) in [7, 11) is 0. The summed E-state index contributed by atoms with van der Waals surface area (Å²) in [5, 5.41) is 2.94. The SMILES string of the molecule is Cc1ccc(CN2C(C)CCNC(=O)C2CN)cc1. The van der Waals surface area contributed by atoms with Crippen molar-refractivity contribution in [3.63, 3.8) is 0 Å². The highest BCUT2D eigenvalue weighted by molar-refractivity contribution is 5.82. The second-order valence-corrected chi connectivity index (χ2v) is 5.34. The normalized spacial score (nSPS) is 24.9. The number of carbonyl (C=O) groups is 1. The number of aryl methyl sites for hydroxylation is 1. The third kappa shape index (κ3) is 3.33. The van der Waals surface area contributed by atoms with Crippen LogP contribution < -0.4 is 11.1 Å². The molecule has 1 aromatic rings. The van der Waals surface area contributed by atoms with Crippen LogP contribution in [0.3, 0.4) is 0 Å². The molecule has 1 aliphatic rings. The van der Waals surface area contributed by atoms with Gasteiger partial charge in [0.1, 0.15) is 6.04 Å². The van der Waals surface area contributed by atoms with E-state index in [1.54, 1.807) is 0 Å². The van der Waals surface area contributed by atoms with Gasteiger partial charge in [-0.25, -0.2) is 0 Å². The molecule has 104 valence electrons. The van der Waals surface area contributed by atoms with E-state index in [2.05, 4.69) is 48.3 Å². The first-order valence-corrected chi connectivity index (χ1v) is 6.91. The van der Waals surface area contributed by atoms with Gasteiger partial charge in [0.2, 0.25) is 5.91 Å². The van der Waals surface area contributed by atoms with Crippen molar-refractivity contribution in [1.29, 1.82) is 0 Å². The Balaban J connectivity index is 2.17. The molecule has 1 heterocycles. The fourth-order valence-electron chi connectivity index (χ4n) is 2.56. The lowest BCUT2D eigenvalue weighted by molar-refractivity contribution is -0.125. The van der Waals surface area contributed by atoms with Gasteiger partial charge in [0.05, 0.1) is 0 Å². The molecule has 0 bridgehead atoms. The number of nitrogens with zero attached hydrogens (tertiary/aromatic N) is 1. The van der Waals surface area contributed by atoms with E-state index >= 15 is 0 Å². The van der Waals surface area contributed by atoms with Crippen molar-refractivity contribution in [3.05, 3.63) is 35.4 Å². The van der Waals surface area contributed by atoms with Gasteiger partial charge in [-0.1, -0.05) is 29.8 Å². The van der Waals surface area contributed by atoms with Crippen LogP contribution in [0.1, 0.15) is 24.5 Å². The Morgan fingerprint density at radius 2 is 2.05 bits per heavy atom. The molecule has 4 heteroatoms. The third-order valence-corrected chi connectivity index (χ3v) is 3.84. The van der Waals surface area contributed by atoms with Crippen molar-refractivity contribution in [2.24, 2.45) is 5.73 Å². The average molecular weight is 261 g/mol. The zero-order valence-corrected chi connectivity index (χ0v) is 11.7. The predicted octanol–water partition coefficient (Wildman–Crippen LogP) is 1.03. The topological polar surface area (TPSA) is 58.4 Å². The number of benzene rings is 1. The van der Waals surface area contributed by atoms with Crippen LogP contribution >= 0.6 is 0 Å². The lowest BCUT2D eigenvalue weighted by Gasteiger charge is -2.32. The zero-order chi connectivity index (χ0) is 13.8. The van der Waals surface area contributed by atoms with Gasteiger partial charge < -0.3 is 11.1 Å². The van der Waals surface area contributed by atoms with E-state index < -0.39 is 0 Å². The van der Waals surface area contributed by atoms with Crippen molar-refractivity contribution < 1.29 is 4.79 Å². The van der Waals surface area contributed by atoms with Gasteiger partial charge in [0.25, 0.3) is 0 Å². The van der Waals surface area contributed by atoms with E-state index in [-0.39, 0.29) is 11.9 Å². The molecule has 4 nitrogen and oxygen atoms in total. The molecular weight excluding hydrogens is 238 g/mol. The molecule has 1 aliphatic heterocycles. The van der Waals surface area contributed by atoms with Crippen LogP contribution in [-0.2, 0) is 11.3 Å². The zero-order valence-electron chi connectivity index (χ0n) is 11.7. The highest BCUT2D eigenvalue weighted by atomic mass is 16.2. The van der Waals surface area contributed by atoms with Crippen molar-refractivity contribution in [2.45, 2.75) is 38.9 Å². The van der Waals surface area contributed by atoms with Gasteiger partial charge in [-0.05, 0) is 25.8 Å². The molecule has 0 radical (unpaired) electrons. The van der Waals surface area contributed by atoms with Crippen LogP contribution in [0.15, 0.2) is 24.3 Å². The lowest BCUT2D eigenvalue weighted by Crippen LogP contribution is -2.50. The fraction of sp³-hybridized carbons (Fsp3) is 0.533. The third-order valence-electron chi connectivity index (χ3n) is 3.84. The van der Waals surface area contributed by atoms with Gasteiger partial charge in [0, 0.05) is 25.7 Å². The molecule has 19 heavy (non-hydrogen) atoms. The summed E-state index contributed by atoms with van der Waals surface area (Å²) in [6.07, 6.45) is 0.966. The molecule has 2 atom stereocenters. The summed E-state index contributed by atoms with van der Waals surface area (Å²) in [5.41, 5.74) is 8.27. The second kappa shape index (κ2) is 6.17. The molecule has 2 rings (SSSR count). The van der Waals surface area contributed by atoms with Crippen molar-refractivity contribution in [3.8, 4) is 0 Å². The van der Waals surface area contributed by atoms with Gasteiger partial charge in [0.15, 0.2) is 0 Å². The molecule has 1 fully saturated rings. The van der Waals surface area contributed by atoms with E-state index in [9.17, 15) is 4.79 Å².